The van der Waals surface area contributed by atoms with Crippen LogP contribution in [0.3, 0.4) is 0 Å². The van der Waals surface area contributed by atoms with Crippen molar-refractivity contribution in [3.63, 3.8) is 0 Å². The first-order valence-electron chi connectivity index (χ1n) is 6.88. The van der Waals surface area contributed by atoms with Crippen molar-refractivity contribution in [2.24, 2.45) is 0 Å². The molecule has 1 aliphatic rings. The highest BCUT2D eigenvalue weighted by Gasteiger charge is 2.33. The number of thioether (sulfide) groups is 1. The summed E-state index contributed by atoms with van der Waals surface area (Å²) >= 11 is 7.72. The molecule has 0 atom stereocenters. The Morgan fingerprint density at radius 3 is 2.52 bits per heavy atom. The lowest BCUT2D eigenvalue weighted by Gasteiger charge is -2.36. The van der Waals surface area contributed by atoms with Gasteiger partial charge in [0.2, 0.25) is 0 Å². The van der Waals surface area contributed by atoms with Crippen molar-refractivity contribution in [1.29, 1.82) is 0 Å². The number of anilines is 1. The molecule has 0 spiro atoms. The van der Waals surface area contributed by atoms with E-state index < -0.39 is 11.7 Å². The van der Waals surface area contributed by atoms with Gasteiger partial charge in [-0.2, -0.15) is 24.9 Å². The number of hydrogen-bond donors (Lipinski definition) is 1. The predicted octanol–water partition coefficient (Wildman–Crippen LogP) is 5.23. The van der Waals surface area contributed by atoms with Crippen LogP contribution in [0.2, 0.25) is 5.02 Å². The van der Waals surface area contributed by atoms with Gasteiger partial charge in [0.05, 0.1) is 10.6 Å². The van der Waals surface area contributed by atoms with Crippen LogP contribution in [-0.2, 0) is 6.18 Å². The number of rotatable bonds is 4. The molecule has 21 heavy (non-hydrogen) atoms. The first-order valence-corrected chi connectivity index (χ1v) is 8.48. The first kappa shape index (κ1) is 16.7. The number of hydrogen-bond acceptors (Lipinski definition) is 3. The average Bonchev–Trinajstić information content (AvgIpc) is 2.46. The second-order valence-electron chi connectivity index (χ2n) is 5.35. The predicted molar refractivity (Wildman–Crippen MR) is 82.1 cm³/mol. The van der Waals surface area contributed by atoms with E-state index >= 15 is 0 Å². The van der Waals surface area contributed by atoms with Gasteiger partial charge in [0.15, 0.2) is 0 Å². The molecule has 7 heteroatoms. The third kappa shape index (κ3) is 4.19. The third-order valence-corrected chi connectivity index (χ3v) is 5.65. The lowest BCUT2D eigenvalue weighted by atomic mass is 9.88. The maximum atomic E-state index is 12.6. The summed E-state index contributed by atoms with van der Waals surface area (Å²) in [6.07, 6.45) is 4.34. The van der Waals surface area contributed by atoms with E-state index in [9.17, 15) is 13.2 Å². The Morgan fingerprint density at radius 2 is 2.00 bits per heavy atom. The Balaban J connectivity index is 2.06. The Kier molecular flexibility index (Phi) is 5.30. The number of alkyl halides is 3. The second kappa shape index (κ2) is 6.65. The molecule has 1 fully saturated rings. The molecular formula is C14H18ClF3N2S. The highest BCUT2D eigenvalue weighted by atomic mass is 35.5. The van der Waals surface area contributed by atoms with E-state index in [0.717, 1.165) is 25.1 Å². The summed E-state index contributed by atoms with van der Waals surface area (Å²) in [7, 11) is 0. The topological polar surface area (TPSA) is 24.9 Å². The summed E-state index contributed by atoms with van der Waals surface area (Å²) < 4.78 is 37.8. The molecule has 0 radical (unpaired) electrons. The summed E-state index contributed by atoms with van der Waals surface area (Å²) in [5, 5.41) is 3.13. The minimum atomic E-state index is -4.42. The fourth-order valence-corrected chi connectivity index (χ4v) is 3.76. The molecule has 2 nitrogen and oxygen atoms in total. The van der Waals surface area contributed by atoms with E-state index in [1.54, 1.807) is 0 Å². The van der Waals surface area contributed by atoms with Crippen molar-refractivity contribution in [2.75, 3.05) is 18.1 Å². The van der Waals surface area contributed by atoms with Gasteiger partial charge in [-0.25, -0.2) is 4.98 Å². The van der Waals surface area contributed by atoms with Crippen LogP contribution in [-0.4, -0.2) is 22.5 Å². The quantitative estimate of drug-likeness (QED) is 0.813. The molecule has 1 aromatic rings. The minimum Gasteiger partial charge on any atom is -0.367 e. The number of halogens is 4. The van der Waals surface area contributed by atoms with Gasteiger partial charge in [-0.3, -0.25) is 0 Å². The summed E-state index contributed by atoms with van der Waals surface area (Å²) in [6, 6.07) is 0.920. The first-order chi connectivity index (χ1) is 9.86. The van der Waals surface area contributed by atoms with Gasteiger partial charge >= 0.3 is 6.18 Å². The standard InChI is InChI=1S/C14H18ClF3N2S/c1-21-13(5-3-2-4-6-13)9-20-12-11(15)7-10(8-19-12)14(16,17)18/h7-8H,2-6,9H2,1H3,(H,19,20). The Labute approximate surface area is 131 Å². The molecule has 118 valence electrons. The molecule has 0 saturated heterocycles. The lowest BCUT2D eigenvalue weighted by molar-refractivity contribution is -0.137. The van der Waals surface area contributed by atoms with Gasteiger partial charge in [0.25, 0.3) is 0 Å². The van der Waals surface area contributed by atoms with Crippen molar-refractivity contribution in [2.45, 2.75) is 43.0 Å². The summed E-state index contributed by atoms with van der Waals surface area (Å²) in [5.74, 6) is 0.323. The lowest BCUT2D eigenvalue weighted by Crippen LogP contribution is -2.35. The van der Waals surface area contributed by atoms with Gasteiger partial charge in [0.1, 0.15) is 5.82 Å². The van der Waals surface area contributed by atoms with Gasteiger partial charge in [-0.15, -0.1) is 0 Å². The maximum Gasteiger partial charge on any atom is 0.417 e. The number of aromatic nitrogens is 1. The fourth-order valence-electron chi connectivity index (χ4n) is 2.62. The van der Waals surface area contributed by atoms with Crippen molar-refractivity contribution in [1.82, 2.24) is 4.98 Å². The SMILES string of the molecule is CSC1(CNc2ncc(C(F)(F)F)cc2Cl)CCCCC1. The van der Waals surface area contributed by atoms with Crippen molar-refractivity contribution in [3.8, 4) is 0 Å². The van der Waals surface area contributed by atoms with Crippen molar-refractivity contribution < 1.29 is 13.2 Å². The average molecular weight is 339 g/mol. The maximum absolute atomic E-state index is 12.6. The van der Waals surface area contributed by atoms with E-state index in [1.807, 2.05) is 11.8 Å². The van der Waals surface area contributed by atoms with Crippen LogP contribution in [0.25, 0.3) is 0 Å². The third-order valence-electron chi connectivity index (χ3n) is 3.94. The van der Waals surface area contributed by atoms with Crippen LogP contribution in [0.15, 0.2) is 12.3 Å². The van der Waals surface area contributed by atoms with Gasteiger partial charge in [-0.05, 0) is 25.2 Å². The monoisotopic (exact) mass is 338 g/mol. The smallest absolute Gasteiger partial charge is 0.367 e. The molecule has 0 unspecified atom stereocenters. The van der Waals surface area contributed by atoms with E-state index in [4.69, 9.17) is 11.6 Å². The van der Waals surface area contributed by atoms with E-state index in [-0.39, 0.29) is 9.77 Å². The van der Waals surface area contributed by atoms with Gasteiger partial charge < -0.3 is 5.32 Å². The highest BCUT2D eigenvalue weighted by molar-refractivity contribution is 8.00. The number of nitrogens with zero attached hydrogens (tertiary/aromatic N) is 1. The van der Waals surface area contributed by atoms with Crippen LogP contribution in [0.4, 0.5) is 19.0 Å². The summed E-state index contributed by atoms with van der Waals surface area (Å²) in [4.78, 5) is 3.82. The molecule has 0 aliphatic heterocycles. The van der Waals surface area contributed by atoms with E-state index in [1.165, 1.54) is 19.3 Å². The van der Waals surface area contributed by atoms with Crippen LogP contribution in [0.5, 0.6) is 0 Å². The van der Waals surface area contributed by atoms with Crippen LogP contribution >= 0.6 is 23.4 Å². The molecule has 0 aromatic carbocycles. The zero-order chi connectivity index (χ0) is 15.5. The van der Waals surface area contributed by atoms with E-state index in [0.29, 0.717) is 12.4 Å². The number of pyridine rings is 1. The second-order valence-corrected chi connectivity index (χ2v) is 7.04. The molecular weight excluding hydrogens is 321 g/mol. The Morgan fingerprint density at radius 1 is 1.33 bits per heavy atom. The molecule has 1 aliphatic carbocycles. The molecule has 0 amide bonds. The van der Waals surface area contributed by atoms with Crippen LogP contribution in [0, 0.1) is 0 Å². The molecule has 2 rings (SSSR count). The van der Waals surface area contributed by atoms with Crippen LogP contribution in [0.1, 0.15) is 37.7 Å². The van der Waals surface area contributed by atoms with Crippen molar-refractivity contribution in [3.05, 3.63) is 22.8 Å². The largest absolute Gasteiger partial charge is 0.417 e. The van der Waals surface area contributed by atoms with Gasteiger partial charge in [-0.1, -0.05) is 30.9 Å². The molecule has 1 aromatic heterocycles. The molecule has 1 saturated carbocycles. The number of nitrogens with one attached hydrogen (secondary N) is 1. The molecule has 0 bridgehead atoms. The van der Waals surface area contributed by atoms with Crippen LogP contribution < -0.4 is 5.32 Å². The zero-order valence-corrected chi connectivity index (χ0v) is 13.3. The normalized spacial score (nSPS) is 18.5. The highest BCUT2D eigenvalue weighted by Crippen LogP contribution is 2.39. The molecule has 1 heterocycles. The van der Waals surface area contributed by atoms with Crippen molar-refractivity contribution >= 4 is 29.2 Å². The summed E-state index contributed by atoms with van der Waals surface area (Å²) in [5.41, 5.74) is -0.824. The fraction of sp³-hybridized carbons (Fsp3) is 0.643. The van der Waals surface area contributed by atoms with E-state index in [2.05, 4.69) is 16.6 Å². The van der Waals surface area contributed by atoms with Gasteiger partial charge in [0, 0.05) is 17.5 Å². The Bertz CT molecular complexity index is 488. The minimum absolute atomic E-state index is 0.0110. The Hall–Kier alpha value is -0.620. The zero-order valence-electron chi connectivity index (χ0n) is 11.8. The molecule has 1 N–H and O–H groups in total. The summed E-state index contributed by atoms with van der Waals surface area (Å²) in [6.45, 7) is 0.673.